The minimum Gasteiger partial charge on any atom is -0.399 e. The van der Waals surface area contributed by atoms with Crippen LogP contribution in [0.2, 0.25) is 0 Å². The zero-order valence-electron chi connectivity index (χ0n) is 10.4. The molecule has 2 aromatic rings. The summed E-state index contributed by atoms with van der Waals surface area (Å²) < 4.78 is 13.0. The average molecular weight is 259 g/mol. The van der Waals surface area contributed by atoms with E-state index in [1.54, 1.807) is 24.3 Å². The van der Waals surface area contributed by atoms with Crippen LogP contribution in [-0.2, 0) is 0 Å². The molecule has 2 aromatic carbocycles. The number of aryl methyl sites for hydroxylation is 1. The Bertz CT molecular complexity index is 613. The second-order valence-electron chi connectivity index (χ2n) is 4.16. The first-order valence-corrected chi connectivity index (χ1v) is 5.74. The molecular formula is C14H14FN3O. The molecule has 0 unspecified atom stereocenters. The maximum Gasteiger partial charge on any atom is 0.323 e. The van der Waals surface area contributed by atoms with E-state index < -0.39 is 11.8 Å². The van der Waals surface area contributed by atoms with Crippen LogP contribution in [0.3, 0.4) is 0 Å². The minimum absolute atomic E-state index is 0.394. The Balaban J connectivity index is 2.05. The maximum atomic E-state index is 13.0. The van der Waals surface area contributed by atoms with Gasteiger partial charge in [-0.2, -0.15) is 0 Å². The molecule has 0 aliphatic rings. The fraction of sp³-hybridized carbons (Fsp3) is 0.0714. The lowest BCUT2D eigenvalue weighted by Gasteiger charge is -2.10. The summed E-state index contributed by atoms with van der Waals surface area (Å²) in [6, 6.07) is 10.4. The summed E-state index contributed by atoms with van der Waals surface area (Å²) in [4.78, 5) is 11.8. The van der Waals surface area contributed by atoms with E-state index >= 15 is 0 Å². The molecule has 0 atom stereocenters. The molecule has 0 fully saturated rings. The highest BCUT2D eigenvalue weighted by Crippen LogP contribution is 2.18. The van der Waals surface area contributed by atoms with E-state index in [1.807, 2.05) is 6.92 Å². The third-order valence-corrected chi connectivity index (χ3v) is 2.58. The van der Waals surface area contributed by atoms with Gasteiger partial charge in [-0.05, 0) is 48.9 Å². The number of nitrogen functional groups attached to an aromatic ring is 1. The summed E-state index contributed by atoms with van der Waals surface area (Å²) in [5.41, 5.74) is 8.17. The van der Waals surface area contributed by atoms with Gasteiger partial charge in [0, 0.05) is 17.1 Å². The Morgan fingerprint density at radius 2 is 1.95 bits per heavy atom. The number of hydrogen-bond donors (Lipinski definition) is 3. The van der Waals surface area contributed by atoms with Crippen molar-refractivity contribution < 1.29 is 9.18 Å². The number of amides is 2. The summed E-state index contributed by atoms with van der Waals surface area (Å²) in [6.45, 7) is 1.84. The van der Waals surface area contributed by atoms with Gasteiger partial charge in [-0.3, -0.25) is 0 Å². The standard InChI is InChI=1S/C14H14FN3O/c1-9-7-11(16)5-6-13(9)18-14(19)17-12-4-2-3-10(15)8-12/h2-8H,16H2,1H3,(H2,17,18,19). The van der Waals surface area contributed by atoms with Gasteiger partial charge in [0.05, 0.1) is 0 Å². The van der Waals surface area contributed by atoms with E-state index in [9.17, 15) is 9.18 Å². The number of halogens is 1. The lowest BCUT2D eigenvalue weighted by molar-refractivity contribution is 0.262. The second-order valence-corrected chi connectivity index (χ2v) is 4.16. The van der Waals surface area contributed by atoms with E-state index in [1.165, 1.54) is 18.2 Å². The van der Waals surface area contributed by atoms with Crippen molar-refractivity contribution in [3.05, 3.63) is 53.8 Å². The molecule has 0 saturated carbocycles. The SMILES string of the molecule is Cc1cc(N)ccc1NC(=O)Nc1cccc(F)c1. The molecule has 19 heavy (non-hydrogen) atoms. The summed E-state index contributed by atoms with van der Waals surface area (Å²) in [6.07, 6.45) is 0. The number of urea groups is 1. The molecule has 0 aromatic heterocycles. The van der Waals surface area contributed by atoms with E-state index in [0.29, 0.717) is 17.1 Å². The molecule has 4 nitrogen and oxygen atoms in total. The fourth-order valence-corrected chi connectivity index (χ4v) is 1.68. The van der Waals surface area contributed by atoms with Crippen molar-refractivity contribution in [1.82, 2.24) is 0 Å². The topological polar surface area (TPSA) is 67.1 Å². The highest BCUT2D eigenvalue weighted by atomic mass is 19.1. The van der Waals surface area contributed by atoms with Crippen molar-refractivity contribution in [2.24, 2.45) is 0 Å². The van der Waals surface area contributed by atoms with Crippen molar-refractivity contribution in [2.45, 2.75) is 6.92 Å². The molecule has 0 bridgehead atoms. The molecule has 0 aliphatic heterocycles. The van der Waals surface area contributed by atoms with E-state index in [-0.39, 0.29) is 0 Å². The van der Waals surface area contributed by atoms with Gasteiger partial charge >= 0.3 is 6.03 Å². The smallest absolute Gasteiger partial charge is 0.323 e. The number of nitrogens with two attached hydrogens (primary N) is 1. The molecule has 2 rings (SSSR count). The third-order valence-electron chi connectivity index (χ3n) is 2.58. The molecule has 0 radical (unpaired) electrons. The van der Waals surface area contributed by atoms with Gasteiger partial charge in [0.15, 0.2) is 0 Å². The van der Waals surface area contributed by atoms with Crippen LogP contribution in [0, 0.1) is 12.7 Å². The molecule has 0 aliphatic carbocycles. The largest absolute Gasteiger partial charge is 0.399 e. The predicted molar refractivity (Wildman–Crippen MR) is 74.6 cm³/mol. The first-order valence-electron chi connectivity index (χ1n) is 5.74. The predicted octanol–water partition coefficient (Wildman–Crippen LogP) is 3.36. The molecular weight excluding hydrogens is 245 g/mol. The summed E-state index contributed by atoms with van der Waals surface area (Å²) in [5.74, 6) is -0.401. The Morgan fingerprint density at radius 1 is 1.16 bits per heavy atom. The van der Waals surface area contributed by atoms with Crippen LogP contribution in [0.25, 0.3) is 0 Å². The first-order chi connectivity index (χ1) is 9.04. The van der Waals surface area contributed by atoms with Crippen LogP contribution in [0.5, 0.6) is 0 Å². The Morgan fingerprint density at radius 3 is 2.63 bits per heavy atom. The maximum absolute atomic E-state index is 13.0. The van der Waals surface area contributed by atoms with Gasteiger partial charge in [0.25, 0.3) is 0 Å². The number of carbonyl (C=O) groups is 1. The van der Waals surface area contributed by atoms with Crippen LogP contribution in [-0.4, -0.2) is 6.03 Å². The van der Waals surface area contributed by atoms with Gasteiger partial charge in [-0.25, -0.2) is 9.18 Å². The van der Waals surface area contributed by atoms with Crippen molar-refractivity contribution in [3.63, 3.8) is 0 Å². The molecule has 5 heteroatoms. The number of benzene rings is 2. The van der Waals surface area contributed by atoms with E-state index in [0.717, 1.165) is 5.56 Å². The fourth-order valence-electron chi connectivity index (χ4n) is 1.68. The molecule has 0 heterocycles. The highest BCUT2D eigenvalue weighted by Gasteiger charge is 2.05. The van der Waals surface area contributed by atoms with Gasteiger partial charge in [0.2, 0.25) is 0 Å². The normalized spacial score (nSPS) is 10.0. The van der Waals surface area contributed by atoms with Crippen LogP contribution < -0.4 is 16.4 Å². The van der Waals surface area contributed by atoms with Crippen molar-refractivity contribution in [1.29, 1.82) is 0 Å². The third kappa shape index (κ3) is 3.45. The van der Waals surface area contributed by atoms with Crippen LogP contribution >= 0.6 is 0 Å². The average Bonchev–Trinajstić information content (AvgIpc) is 2.33. The zero-order chi connectivity index (χ0) is 13.8. The molecule has 0 spiro atoms. The second kappa shape index (κ2) is 5.39. The van der Waals surface area contributed by atoms with Crippen LogP contribution in [0.4, 0.5) is 26.2 Å². The summed E-state index contributed by atoms with van der Waals surface area (Å²) in [7, 11) is 0. The number of rotatable bonds is 2. The monoisotopic (exact) mass is 259 g/mol. The summed E-state index contributed by atoms with van der Waals surface area (Å²) in [5, 5.41) is 5.23. The number of nitrogens with one attached hydrogen (secondary N) is 2. The van der Waals surface area contributed by atoms with Crippen molar-refractivity contribution in [3.8, 4) is 0 Å². The van der Waals surface area contributed by atoms with Gasteiger partial charge in [-0.1, -0.05) is 6.07 Å². The van der Waals surface area contributed by atoms with Gasteiger partial charge in [0.1, 0.15) is 5.82 Å². The van der Waals surface area contributed by atoms with Crippen LogP contribution in [0.15, 0.2) is 42.5 Å². The first kappa shape index (κ1) is 12.9. The molecule has 98 valence electrons. The lowest BCUT2D eigenvalue weighted by Crippen LogP contribution is -2.20. The molecule has 4 N–H and O–H groups in total. The van der Waals surface area contributed by atoms with Gasteiger partial charge in [-0.15, -0.1) is 0 Å². The Labute approximate surface area is 110 Å². The van der Waals surface area contributed by atoms with Crippen molar-refractivity contribution in [2.75, 3.05) is 16.4 Å². The minimum atomic E-state index is -0.432. The van der Waals surface area contributed by atoms with Gasteiger partial charge < -0.3 is 16.4 Å². The quantitative estimate of drug-likeness (QED) is 0.724. The van der Waals surface area contributed by atoms with E-state index in [4.69, 9.17) is 5.73 Å². The number of anilines is 3. The Kier molecular flexibility index (Phi) is 3.66. The molecule has 0 saturated heterocycles. The Hall–Kier alpha value is -2.56. The molecule has 2 amide bonds. The lowest BCUT2D eigenvalue weighted by atomic mass is 10.2. The zero-order valence-corrected chi connectivity index (χ0v) is 10.4. The number of hydrogen-bond acceptors (Lipinski definition) is 2. The van der Waals surface area contributed by atoms with E-state index in [2.05, 4.69) is 10.6 Å². The van der Waals surface area contributed by atoms with Crippen molar-refractivity contribution >= 4 is 23.1 Å². The number of carbonyl (C=O) groups excluding carboxylic acids is 1. The van der Waals surface area contributed by atoms with Crippen LogP contribution in [0.1, 0.15) is 5.56 Å². The summed E-state index contributed by atoms with van der Waals surface area (Å²) >= 11 is 0. The highest BCUT2D eigenvalue weighted by molar-refractivity contribution is 6.00.